The molecule has 1 amide bonds. The first-order chi connectivity index (χ1) is 16.7. The highest BCUT2D eigenvalue weighted by Gasteiger charge is 2.22. The molecule has 1 heterocycles. The second-order valence-corrected chi connectivity index (χ2v) is 9.40. The minimum absolute atomic E-state index is 0.0371. The lowest BCUT2D eigenvalue weighted by Gasteiger charge is -2.20. The number of amides is 1. The summed E-state index contributed by atoms with van der Waals surface area (Å²) in [4.78, 5) is 20.3. The van der Waals surface area contributed by atoms with E-state index in [-0.39, 0.29) is 5.91 Å². The maximum atomic E-state index is 13.7. The molecule has 5 aromatic rings. The van der Waals surface area contributed by atoms with Crippen molar-refractivity contribution in [1.29, 1.82) is 0 Å². The number of rotatable bonds is 7. The molecule has 0 bridgehead atoms. The van der Waals surface area contributed by atoms with Gasteiger partial charge in [0.2, 0.25) is 0 Å². The zero-order valence-corrected chi connectivity index (χ0v) is 20.0. The van der Waals surface area contributed by atoms with Gasteiger partial charge in [0.25, 0.3) is 5.91 Å². The molecule has 34 heavy (non-hydrogen) atoms. The third-order valence-electron chi connectivity index (χ3n) is 5.96. The van der Waals surface area contributed by atoms with Crippen LogP contribution in [0.15, 0.2) is 103 Å². The van der Waals surface area contributed by atoms with Crippen LogP contribution in [0.4, 0.5) is 5.13 Å². The highest BCUT2D eigenvalue weighted by molar-refractivity contribution is 7.22. The summed E-state index contributed by atoms with van der Waals surface area (Å²) in [5.41, 5.74) is 6.39. The van der Waals surface area contributed by atoms with Crippen molar-refractivity contribution in [3.63, 3.8) is 0 Å². The Kier molecular flexibility index (Phi) is 6.50. The smallest absolute Gasteiger partial charge is 0.260 e. The molecule has 0 radical (unpaired) electrons. The van der Waals surface area contributed by atoms with E-state index in [1.807, 2.05) is 60.7 Å². The van der Waals surface area contributed by atoms with Gasteiger partial charge in [-0.05, 0) is 59.4 Å². The summed E-state index contributed by atoms with van der Waals surface area (Å²) in [6.45, 7) is 2.63. The van der Waals surface area contributed by atoms with Crippen molar-refractivity contribution >= 4 is 32.6 Å². The number of hydrogen-bond donors (Lipinski definition) is 0. The van der Waals surface area contributed by atoms with E-state index in [0.717, 1.165) is 33.8 Å². The first-order valence-electron chi connectivity index (χ1n) is 11.6. The Labute approximate surface area is 204 Å². The maximum absolute atomic E-state index is 13.7. The lowest BCUT2D eigenvalue weighted by Crippen LogP contribution is -2.30. The van der Waals surface area contributed by atoms with Crippen LogP contribution in [-0.4, -0.2) is 10.9 Å². The Hall–Kier alpha value is -3.76. The summed E-state index contributed by atoms with van der Waals surface area (Å²) in [5, 5.41) is 0.727. The SMILES string of the molecule is CCc1ccc2nc(N(Cc3ccccc3)C(=O)c3ccc(Cc4ccccc4)cc3)sc2c1. The molecular weight excluding hydrogens is 436 g/mol. The van der Waals surface area contributed by atoms with Crippen molar-refractivity contribution < 1.29 is 4.79 Å². The Balaban J connectivity index is 1.45. The van der Waals surface area contributed by atoms with Crippen LogP contribution in [0.25, 0.3) is 10.2 Å². The third-order valence-corrected chi connectivity index (χ3v) is 7.00. The van der Waals surface area contributed by atoms with Crippen molar-refractivity contribution in [1.82, 2.24) is 4.98 Å². The van der Waals surface area contributed by atoms with Crippen molar-refractivity contribution in [3.8, 4) is 0 Å². The second-order valence-electron chi connectivity index (χ2n) is 8.39. The number of benzene rings is 4. The first kappa shape index (κ1) is 22.1. The number of fused-ring (bicyclic) bond motifs is 1. The predicted molar refractivity (Wildman–Crippen MR) is 142 cm³/mol. The van der Waals surface area contributed by atoms with Gasteiger partial charge in [0, 0.05) is 5.56 Å². The van der Waals surface area contributed by atoms with Crippen LogP contribution >= 0.6 is 11.3 Å². The summed E-state index contributed by atoms with van der Waals surface area (Å²) in [5.74, 6) is -0.0371. The summed E-state index contributed by atoms with van der Waals surface area (Å²) in [6, 6.07) is 34.8. The number of carbonyl (C=O) groups is 1. The third kappa shape index (κ3) is 4.92. The van der Waals surface area contributed by atoms with Gasteiger partial charge < -0.3 is 0 Å². The van der Waals surface area contributed by atoms with Crippen LogP contribution in [0.2, 0.25) is 0 Å². The minimum Gasteiger partial charge on any atom is -0.279 e. The van der Waals surface area contributed by atoms with E-state index in [1.165, 1.54) is 16.7 Å². The quantitative estimate of drug-likeness (QED) is 0.254. The fourth-order valence-electron chi connectivity index (χ4n) is 4.04. The molecule has 0 unspecified atom stereocenters. The Morgan fingerprint density at radius 3 is 2.06 bits per heavy atom. The number of thiazole rings is 1. The monoisotopic (exact) mass is 462 g/mol. The largest absolute Gasteiger partial charge is 0.279 e. The Bertz CT molecular complexity index is 1390. The molecule has 0 saturated carbocycles. The number of hydrogen-bond acceptors (Lipinski definition) is 3. The van der Waals surface area contributed by atoms with Gasteiger partial charge in [0.05, 0.1) is 16.8 Å². The second kappa shape index (κ2) is 10.0. The summed E-state index contributed by atoms with van der Waals surface area (Å²) in [6.07, 6.45) is 1.83. The lowest BCUT2D eigenvalue weighted by molar-refractivity contribution is 0.0985. The van der Waals surface area contributed by atoms with Crippen molar-refractivity contribution in [3.05, 3.63) is 131 Å². The van der Waals surface area contributed by atoms with Crippen LogP contribution in [-0.2, 0) is 19.4 Å². The number of aromatic nitrogens is 1. The average Bonchev–Trinajstić information content (AvgIpc) is 3.31. The summed E-state index contributed by atoms with van der Waals surface area (Å²) in [7, 11) is 0. The molecule has 1 aromatic heterocycles. The molecule has 0 aliphatic heterocycles. The standard InChI is InChI=1S/C30H26N2OS/c1-2-22-15-18-27-28(20-22)34-30(31-27)32(21-25-11-7-4-8-12-25)29(33)26-16-13-24(14-17-26)19-23-9-5-3-6-10-23/h3-18,20H,2,19,21H2,1H3. The summed E-state index contributed by atoms with van der Waals surface area (Å²) < 4.78 is 1.11. The molecule has 0 spiro atoms. The number of nitrogens with zero attached hydrogens (tertiary/aromatic N) is 2. The zero-order chi connectivity index (χ0) is 23.3. The predicted octanol–water partition coefficient (Wildman–Crippen LogP) is 7.30. The van der Waals surface area contributed by atoms with Crippen molar-refractivity contribution in [2.24, 2.45) is 0 Å². The Morgan fingerprint density at radius 1 is 0.765 bits per heavy atom. The fraction of sp³-hybridized carbons (Fsp3) is 0.133. The average molecular weight is 463 g/mol. The van der Waals surface area contributed by atoms with E-state index in [0.29, 0.717) is 12.1 Å². The van der Waals surface area contributed by atoms with E-state index >= 15 is 0 Å². The van der Waals surface area contributed by atoms with Crippen LogP contribution in [0, 0.1) is 0 Å². The van der Waals surface area contributed by atoms with Gasteiger partial charge in [-0.2, -0.15) is 0 Å². The van der Waals surface area contributed by atoms with Crippen LogP contribution in [0.5, 0.6) is 0 Å². The van der Waals surface area contributed by atoms with Gasteiger partial charge in [-0.15, -0.1) is 0 Å². The molecular formula is C30H26N2OS. The van der Waals surface area contributed by atoms with Crippen LogP contribution < -0.4 is 4.90 Å². The summed E-state index contributed by atoms with van der Waals surface area (Å²) >= 11 is 1.58. The van der Waals surface area contributed by atoms with E-state index < -0.39 is 0 Å². The van der Waals surface area contributed by atoms with E-state index in [9.17, 15) is 4.79 Å². The molecule has 168 valence electrons. The molecule has 3 nitrogen and oxygen atoms in total. The molecule has 0 saturated heterocycles. The van der Waals surface area contributed by atoms with E-state index in [4.69, 9.17) is 4.98 Å². The van der Waals surface area contributed by atoms with Crippen molar-refractivity contribution in [2.45, 2.75) is 26.3 Å². The maximum Gasteiger partial charge on any atom is 0.260 e. The number of carbonyl (C=O) groups excluding carboxylic acids is 1. The molecule has 0 aliphatic carbocycles. The fourth-order valence-corrected chi connectivity index (χ4v) is 5.06. The molecule has 0 atom stereocenters. The first-order valence-corrected chi connectivity index (χ1v) is 12.4. The minimum atomic E-state index is -0.0371. The van der Waals surface area contributed by atoms with E-state index in [2.05, 4.69) is 49.4 Å². The van der Waals surface area contributed by atoms with Crippen LogP contribution in [0.3, 0.4) is 0 Å². The highest BCUT2D eigenvalue weighted by atomic mass is 32.1. The number of anilines is 1. The van der Waals surface area contributed by atoms with Gasteiger partial charge in [0.1, 0.15) is 0 Å². The van der Waals surface area contributed by atoms with Gasteiger partial charge >= 0.3 is 0 Å². The Morgan fingerprint density at radius 2 is 1.38 bits per heavy atom. The van der Waals surface area contributed by atoms with Crippen molar-refractivity contribution in [2.75, 3.05) is 4.90 Å². The lowest BCUT2D eigenvalue weighted by atomic mass is 10.0. The normalized spacial score (nSPS) is 11.0. The van der Waals surface area contributed by atoms with Gasteiger partial charge in [0.15, 0.2) is 5.13 Å². The highest BCUT2D eigenvalue weighted by Crippen LogP contribution is 2.31. The zero-order valence-electron chi connectivity index (χ0n) is 19.1. The molecule has 0 N–H and O–H groups in total. The van der Waals surface area contributed by atoms with Gasteiger partial charge in [-0.1, -0.05) is 97.1 Å². The van der Waals surface area contributed by atoms with Gasteiger partial charge in [-0.3, -0.25) is 9.69 Å². The molecule has 4 aromatic carbocycles. The molecule has 5 rings (SSSR count). The van der Waals surface area contributed by atoms with Crippen LogP contribution in [0.1, 0.15) is 39.5 Å². The van der Waals surface area contributed by atoms with Gasteiger partial charge in [-0.25, -0.2) is 4.98 Å². The molecule has 4 heteroatoms. The topological polar surface area (TPSA) is 33.2 Å². The number of aryl methyl sites for hydroxylation is 1. The van der Waals surface area contributed by atoms with E-state index in [1.54, 1.807) is 16.2 Å². The molecule has 0 fully saturated rings. The molecule has 0 aliphatic rings.